The Balaban J connectivity index is 2.21. The molecule has 0 aliphatic carbocycles. The van der Waals surface area contributed by atoms with E-state index in [1.165, 1.54) is 4.88 Å². The van der Waals surface area contributed by atoms with Crippen LogP contribution in [0.25, 0.3) is 0 Å². The van der Waals surface area contributed by atoms with Crippen molar-refractivity contribution in [2.45, 2.75) is 32.5 Å². The van der Waals surface area contributed by atoms with Gasteiger partial charge in [0.25, 0.3) is 0 Å². The van der Waals surface area contributed by atoms with Crippen molar-refractivity contribution in [2.75, 3.05) is 6.54 Å². The lowest BCUT2D eigenvalue weighted by Crippen LogP contribution is -2.38. The Morgan fingerprint density at radius 1 is 1.42 bits per heavy atom. The Morgan fingerprint density at radius 3 is 2.68 bits per heavy atom. The Bertz CT molecular complexity index is 495. The fourth-order valence-electron chi connectivity index (χ4n) is 2.27. The second-order valence-corrected chi connectivity index (χ2v) is 6.33. The van der Waals surface area contributed by atoms with Crippen LogP contribution in [0.4, 0.5) is 0 Å². The third-order valence-corrected chi connectivity index (χ3v) is 4.42. The SMILES string of the molecule is CCN(Cc1ccco1)C(c1ccc(Cl)s1)C(C)N. The maximum atomic E-state index is 6.17. The summed E-state index contributed by atoms with van der Waals surface area (Å²) in [6, 6.07) is 8.08. The van der Waals surface area contributed by atoms with Crippen molar-refractivity contribution >= 4 is 22.9 Å². The molecule has 2 rings (SSSR count). The van der Waals surface area contributed by atoms with Crippen molar-refractivity contribution in [3.8, 4) is 0 Å². The molecule has 0 bridgehead atoms. The number of rotatable bonds is 6. The standard InChI is InChI=1S/C14H19ClN2OS/c1-3-17(9-11-5-4-8-18-11)14(10(2)16)12-6-7-13(15)19-12/h4-8,10,14H,3,9,16H2,1-2H3. The van der Waals surface area contributed by atoms with Crippen LogP contribution in [0, 0.1) is 0 Å². The Hall–Kier alpha value is -0.810. The molecule has 2 atom stereocenters. The minimum absolute atomic E-state index is 0.0321. The quantitative estimate of drug-likeness (QED) is 0.879. The van der Waals surface area contributed by atoms with Crippen molar-refractivity contribution in [3.63, 3.8) is 0 Å². The first-order valence-corrected chi connectivity index (χ1v) is 7.58. The summed E-state index contributed by atoms with van der Waals surface area (Å²) in [4.78, 5) is 3.51. The van der Waals surface area contributed by atoms with Gasteiger partial charge in [0.15, 0.2) is 0 Å². The van der Waals surface area contributed by atoms with Crippen molar-refractivity contribution in [1.29, 1.82) is 0 Å². The van der Waals surface area contributed by atoms with Crippen molar-refractivity contribution in [2.24, 2.45) is 5.73 Å². The van der Waals surface area contributed by atoms with Gasteiger partial charge in [-0.3, -0.25) is 4.90 Å². The summed E-state index contributed by atoms with van der Waals surface area (Å²) in [5.41, 5.74) is 6.17. The summed E-state index contributed by atoms with van der Waals surface area (Å²) in [6.45, 7) is 5.82. The number of hydrogen-bond acceptors (Lipinski definition) is 4. The molecule has 2 aromatic rings. The molecule has 3 nitrogen and oxygen atoms in total. The van der Waals surface area contributed by atoms with E-state index in [1.807, 2.05) is 25.1 Å². The average Bonchev–Trinajstić information content (AvgIpc) is 3.00. The molecule has 0 saturated heterocycles. The minimum atomic E-state index is 0.0321. The summed E-state index contributed by atoms with van der Waals surface area (Å²) in [5, 5.41) is 0. The smallest absolute Gasteiger partial charge is 0.117 e. The number of nitrogens with two attached hydrogens (primary N) is 1. The van der Waals surface area contributed by atoms with E-state index < -0.39 is 0 Å². The summed E-state index contributed by atoms with van der Waals surface area (Å²) < 4.78 is 6.23. The van der Waals surface area contributed by atoms with Crippen LogP contribution in [0.5, 0.6) is 0 Å². The zero-order valence-corrected chi connectivity index (χ0v) is 12.7. The van der Waals surface area contributed by atoms with Gasteiger partial charge >= 0.3 is 0 Å². The normalized spacial score (nSPS) is 14.8. The molecule has 0 spiro atoms. The first kappa shape index (κ1) is 14.6. The van der Waals surface area contributed by atoms with Crippen LogP contribution in [0.2, 0.25) is 4.34 Å². The van der Waals surface area contributed by atoms with Gasteiger partial charge in [-0.25, -0.2) is 0 Å². The van der Waals surface area contributed by atoms with Gasteiger partial charge in [0.05, 0.1) is 23.2 Å². The fourth-order valence-corrected chi connectivity index (χ4v) is 3.58. The van der Waals surface area contributed by atoms with Crippen LogP contribution >= 0.6 is 22.9 Å². The van der Waals surface area contributed by atoms with Crippen molar-refractivity contribution in [3.05, 3.63) is 45.5 Å². The summed E-state index contributed by atoms with van der Waals surface area (Å²) in [7, 11) is 0. The first-order valence-electron chi connectivity index (χ1n) is 6.39. The predicted molar refractivity (Wildman–Crippen MR) is 80.5 cm³/mol. The Labute approximate surface area is 123 Å². The number of halogens is 1. The molecule has 2 aromatic heterocycles. The summed E-state index contributed by atoms with van der Waals surface area (Å²) in [6.07, 6.45) is 1.70. The molecule has 104 valence electrons. The highest BCUT2D eigenvalue weighted by Crippen LogP contribution is 2.33. The van der Waals surface area contributed by atoms with Gasteiger partial charge in [-0.15, -0.1) is 11.3 Å². The van der Waals surface area contributed by atoms with Crippen LogP contribution in [-0.4, -0.2) is 17.5 Å². The zero-order valence-electron chi connectivity index (χ0n) is 11.2. The van der Waals surface area contributed by atoms with E-state index in [4.69, 9.17) is 21.8 Å². The molecular formula is C14H19ClN2OS. The van der Waals surface area contributed by atoms with Gasteiger partial charge in [-0.1, -0.05) is 18.5 Å². The first-order chi connectivity index (χ1) is 9.11. The summed E-state index contributed by atoms with van der Waals surface area (Å²) >= 11 is 7.63. The van der Waals surface area contributed by atoms with Crippen molar-refractivity contribution in [1.82, 2.24) is 4.90 Å². The van der Waals surface area contributed by atoms with E-state index in [0.717, 1.165) is 23.2 Å². The summed E-state index contributed by atoms with van der Waals surface area (Å²) in [5.74, 6) is 0.954. The molecule has 2 N–H and O–H groups in total. The average molecular weight is 299 g/mol. The minimum Gasteiger partial charge on any atom is -0.468 e. The number of hydrogen-bond donors (Lipinski definition) is 1. The van der Waals surface area contributed by atoms with Crippen LogP contribution in [0.15, 0.2) is 34.9 Å². The third kappa shape index (κ3) is 3.60. The van der Waals surface area contributed by atoms with Gasteiger partial charge in [-0.2, -0.15) is 0 Å². The lowest BCUT2D eigenvalue weighted by atomic mass is 10.1. The van der Waals surface area contributed by atoms with Crippen molar-refractivity contribution < 1.29 is 4.42 Å². The van der Waals surface area contributed by atoms with Crippen LogP contribution in [-0.2, 0) is 6.54 Å². The highest BCUT2D eigenvalue weighted by Gasteiger charge is 2.25. The highest BCUT2D eigenvalue weighted by molar-refractivity contribution is 7.16. The third-order valence-electron chi connectivity index (χ3n) is 3.12. The van der Waals surface area contributed by atoms with E-state index in [1.54, 1.807) is 17.6 Å². The lowest BCUT2D eigenvalue weighted by molar-refractivity contribution is 0.167. The molecule has 2 unspecified atom stereocenters. The topological polar surface area (TPSA) is 42.4 Å². The second kappa shape index (κ2) is 6.57. The van der Waals surface area contributed by atoms with Gasteiger partial charge in [0.2, 0.25) is 0 Å². The number of nitrogens with zero attached hydrogens (tertiary/aromatic N) is 1. The predicted octanol–water partition coefficient (Wildman–Crippen LogP) is 3.90. The van der Waals surface area contributed by atoms with Crippen LogP contribution < -0.4 is 5.73 Å². The fraction of sp³-hybridized carbons (Fsp3) is 0.429. The maximum Gasteiger partial charge on any atom is 0.117 e. The molecule has 19 heavy (non-hydrogen) atoms. The number of furan rings is 1. The molecule has 0 aliphatic rings. The molecule has 5 heteroatoms. The van der Waals surface area contributed by atoms with Crippen LogP contribution in [0.1, 0.15) is 30.5 Å². The Kier molecular flexibility index (Phi) is 5.05. The van der Waals surface area contributed by atoms with Gasteiger partial charge in [0.1, 0.15) is 5.76 Å². The number of likely N-dealkylation sites (N-methyl/N-ethyl adjacent to an activating group) is 1. The van der Waals surface area contributed by atoms with E-state index in [2.05, 4.69) is 17.9 Å². The van der Waals surface area contributed by atoms with Gasteiger partial charge in [0, 0.05) is 10.9 Å². The molecule has 0 radical (unpaired) electrons. The molecule has 0 amide bonds. The number of thiophene rings is 1. The molecular weight excluding hydrogens is 280 g/mol. The van der Waals surface area contributed by atoms with E-state index in [0.29, 0.717) is 0 Å². The highest BCUT2D eigenvalue weighted by atomic mass is 35.5. The van der Waals surface area contributed by atoms with Crippen LogP contribution in [0.3, 0.4) is 0 Å². The largest absolute Gasteiger partial charge is 0.468 e. The monoisotopic (exact) mass is 298 g/mol. The molecule has 0 saturated carbocycles. The second-order valence-electron chi connectivity index (χ2n) is 4.59. The maximum absolute atomic E-state index is 6.17. The molecule has 0 aromatic carbocycles. The van der Waals surface area contributed by atoms with Gasteiger partial charge in [-0.05, 0) is 37.7 Å². The van der Waals surface area contributed by atoms with E-state index >= 15 is 0 Å². The van der Waals surface area contributed by atoms with E-state index in [9.17, 15) is 0 Å². The molecule has 0 fully saturated rings. The van der Waals surface area contributed by atoms with E-state index in [-0.39, 0.29) is 12.1 Å². The Morgan fingerprint density at radius 2 is 2.21 bits per heavy atom. The zero-order chi connectivity index (χ0) is 13.8. The molecule has 0 aliphatic heterocycles. The lowest BCUT2D eigenvalue weighted by Gasteiger charge is -2.32. The molecule has 2 heterocycles. The van der Waals surface area contributed by atoms with Gasteiger partial charge < -0.3 is 10.2 Å².